The fraction of sp³-hybridized carbons (Fsp3) is 0. The molecule has 10 aromatic rings. The number of hydrogen-bond donors (Lipinski definition) is 0. The molecule has 0 unspecified atom stereocenters. The number of fused-ring (bicyclic) bond motifs is 8. The lowest BCUT2D eigenvalue weighted by Crippen LogP contribution is -2.16. The second-order valence-corrected chi connectivity index (χ2v) is 13.7. The van der Waals surface area contributed by atoms with Crippen LogP contribution in [-0.2, 0) is 0 Å². The van der Waals surface area contributed by atoms with Crippen LogP contribution in [0.5, 0.6) is 0 Å². The van der Waals surface area contributed by atoms with Crippen LogP contribution in [0.4, 0.5) is 0 Å². The average Bonchev–Trinajstić information content (AvgIpc) is 3.77. The average molecular weight is 589 g/mol. The maximum atomic E-state index is 14.1. The molecule has 0 radical (unpaired) electrons. The lowest BCUT2D eigenvalue weighted by molar-refractivity contribution is 1.18. The molecule has 0 aliphatic carbocycles. The molecule has 188 valence electrons. The number of imidazole rings is 2. The first-order chi connectivity index (χ1) is 19.7. The molecule has 0 spiro atoms. The van der Waals surface area contributed by atoms with E-state index < -0.39 is 0 Å². The Bertz CT molecular complexity index is 2760. The highest BCUT2D eigenvalue weighted by Gasteiger charge is 2.23. The molecule has 6 nitrogen and oxygen atoms in total. The van der Waals surface area contributed by atoms with Crippen LogP contribution in [0.2, 0.25) is 0 Å². The molecule has 0 fully saturated rings. The number of rotatable bonds is 2. The summed E-state index contributed by atoms with van der Waals surface area (Å²) in [7, 11) is 0. The van der Waals surface area contributed by atoms with Gasteiger partial charge in [-0.3, -0.25) is 18.4 Å². The highest BCUT2D eigenvalue weighted by Crippen LogP contribution is 2.42. The van der Waals surface area contributed by atoms with Crippen LogP contribution >= 0.6 is 45.3 Å². The molecule has 0 atom stereocenters. The number of pyridine rings is 2. The number of benzene rings is 2. The molecule has 0 amide bonds. The molecular formula is C30H12N4O2S4. The Kier molecular flexibility index (Phi) is 3.93. The molecule has 10 rings (SSSR count). The minimum absolute atomic E-state index is 0.114. The smallest absolute Gasteiger partial charge is 0.264 e. The summed E-state index contributed by atoms with van der Waals surface area (Å²) in [6.07, 6.45) is 0. The van der Waals surface area contributed by atoms with Crippen LogP contribution < -0.4 is 11.1 Å². The van der Waals surface area contributed by atoms with Gasteiger partial charge in [0.2, 0.25) is 0 Å². The first-order valence-corrected chi connectivity index (χ1v) is 15.9. The Hall–Kier alpha value is -4.22. The third-order valence-electron chi connectivity index (χ3n) is 7.76. The molecule has 40 heavy (non-hydrogen) atoms. The van der Waals surface area contributed by atoms with Crippen molar-refractivity contribution < 1.29 is 0 Å². The van der Waals surface area contributed by atoms with Crippen molar-refractivity contribution in [3.05, 3.63) is 92.1 Å². The number of thiophene rings is 4. The Morgan fingerprint density at radius 1 is 0.550 bits per heavy atom. The molecule has 0 aliphatic heterocycles. The quantitative estimate of drug-likeness (QED) is 0.192. The van der Waals surface area contributed by atoms with Gasteiger partial charge in [-0.2, -0.15) is 0 Å². The minimum atomic E-state index is -0.120. The standard InChI is InChI=1S/C30H12N4O2S4/c35-29-15-5-4-14-24-16(6-3-13(23(15)24)25-31-27-17(33(25)29)9-11-38-27)30(36)34-18-12-22(40-28(18)32-26(14)34)21-8-7-20(39-21)19-2-1-10-37-19/h1-12H. The monoisotopic (exact) mass is 588 g/mol. The van der Waals surface area contributed by atoms with E-state index in [1.165, 1.54) is 21.1 Å². The maximum Gasteiger partial charge on any atom is 0.264 e. The fourth-order valence-electron chi connectivity index (χ4n) is 6.06. The summed E-state index contributed by atoms with van der Waals surface area (Å²) < 4.78 is 3.44. The van der Waals surface area contributed by atoms with E-state index in [0.717, 1.165) is 52.0 Å². The van der Waals surface area contributed by atoms with Crippen molar-refractivity contribution in [3.63, 3.8) is 0 Å². The van der Waals surface area contributed by atoms with Crippen LogP contribution in [0, 0.1) is 0 Å². The van der Waals surface area contributed by atoms with Gasteiger partial charge in [0.05, 0.1) is 11.0 Å². The molecule has 0 N–H and O–H groups in total. The summed E-state index contributed by atoms with van der Waals surface area (Å²) in [5.74, 6) is 0. The summed E-state index contributed by atoms with van der Waals surface area (Å²) >= 11 is 6.61. The highest BCUT2D eigenvalue weighted by atomic mass is 32.1. The second-order valence-electron chi connectivity index (χ2n) is 9.78. The van der Waals surface area contributed by atoms with E-state index >= 15 is 0 Å². The van der Waals surface area contributed by atoms with Crippen molar-refractivity contribution in [2.45, 2.75) is 0 Å². The van der Waals surface area contributed by atoms with Crippen LogP contribution in [0.25, 0.3) is 83.8 Å². The molecule has 8 heterocycles. The predicted molar refractivity (Wildman–Crippen MR) is 169 cm³/mol. The first-order valence-electron chi connectivity index (χ1n) is 12.5. The third kappa shape index (κ3) is 2.53. The van der Waals surface area contributed by atoms with E-state index in [1.54, 1.807) is 42.8 Å². The molecule has 0 aliphatic rings. The number of hydrogen-bond acceptors (Lipinski definition) is 8. The molecule has 0 saturated carbocycles. The van der Waals surface area contributed by atoms with E-state index in [2.05, 4.69) is 35.7 Å². The summed E-state index contributed by atoms with van der Waals surface area (Å²) in [5.41, 5.74) is 2.66. The zero-order valence-corrected chi connectivity index (χ0v) is 23.4. The van der Waals surface area contributed by atoms with Gasteiger partial charge in [0.15, 0.2) is 0 Å². The lowest BCUT2D eigenvalue weighted by Gasteiger charge is -2.11. The second kappa shape index (κ2) is 7.29. The molecule has 0 bridgehead atoms. The van der Waals surface area contributed by atoms with Gasteiger partial charge < -0.3 is 0 Å². The van der Waals surface area contributed by atoms with Gasteiger partial charge in [-0.25, -0.2) is 9.97 Å². The number of nitrogens with zero attached hydrogens (tertiary/aromatic N) is 4. The van der Waals surface area contributed by atoms with Crippen molar-refractivity contribution >= 4 is 110 Å². The van der Waals surface area contributed by atoms with Crippen LogP contribution in [0.15, 0.2) is 81.0 Å². The van der Waals surface area contributed by atoms with Crippen LogP contribution in [0.3, 0.4) is 0 Å². The van der Waals surface area contributed by atoms with E-state index in [4.69, 9.17) is 9.97 Å². The summed E-state index contributed by atoms with van der Waals surface area (Å²) in [4.78, 5) is 43.9. The lowest BCUT2D eigenvalue weighted by atomic mass is 9.96. The van der Waals surface area contributed by atoms with Crippen LogP contribution in [-0.4, -0.2) is 18.8 Å². The SMILES string of the molecule is O=c1c2ccc3c4c(ccc(c24)c2nc4sccc4n12)c(=O)n1c2cc(-c4ccc(-c5cccs5)s4)sc2nc31. The van der Waals surface area contributed by atoms with Gasteiger partial charge in [0.1, 0.15) is 21.0 Å². The highest BCUT2D eigenvalue weighted by molar-refractivity contribution is 7.28. The van der Waals surface area contributed by atoms with Crippen molar-refractivity contribution in [1.82, 2.24) is 18.8 Å². The van der Waals surface area contributed by atoms with Crippen molar-refractivity contribution in [2.75, 3.05) is 0 Å². The Labute approximate surface area is 238 Å². The largest absolute Gasteiger partial charge is 0.268 e. The molecule has 10 heteroatoms. The van der Waals surface area contributed by atoms with Crippen molar-refractivity contribution in [2.24, 2.45) is 0 Å². The topological polar surface area (TPSA) is 68.7 Å². The Morgan fingerprint density at radius 3 is 1.90 bits per heavy atom. The third-order valence-corrected chi connectivity index (χ3v) is 11.9. The fourth-order valence-corrected chi connectivity index (χ4v) is 9.74. The molecule has 0 saturated heterocycles. The van der Waals surface area contributed by atoms with E-state index in [0.29, 0.717) is 22.1 Å². The van der Waals surface area contributed by atoms with Crippen molar-refractivity contribution in [3.8, 4) is 19.5 Å². The summed E-state index contributed by atoms with van der Waals surface area (Å²) in [6.45, 7) is 0. The predicted octanol–water partition coefficient (Wildman–Crippen LogP) is 7.92. The van der Waals surface area contributed by atoms with E-state index in [9.17, 15) is 9.59 Å². The zero-order chi connectivity index (χ0) is 26.3. The molecular weight excluding hydrogens is 577 g/mol. The first kappa shape index (κ1) is 21.6. The Morgan fingerprint density at radius 2 is 1.20 bits per heavy atom. The minimum Gasteiger partial charge on any atom is -0.268 e. The van der Waals surface area contributed by atoms with Gasteiger partial charge in [-0.1, -0.05) is 6.07 Å². The zero-order valence-electron chi connectivity index (χ0n) is 20.2. The van der Waals surface area contributed by atoms with Gasteiger partial charge in [0.25, 0.3) is 11.1 Å². The number of aromatic nitrogens is 4. The van der Waals surface area contributed by atoms with Crippen LogP contribution in [0.1, 0.15) is 0 Å². The van der Waals surface area contributed by atoms with Crippen molar-refractivity contribution in [1.29, 1.82) is 0 Å². The van der Waals surface area contributed by atoms with Gasteiger partial charge in [-0.15, -0.1) is 45.3 Å². The molecule has 8 aromatic heterocycles. The molecule has 2 aromatic carbocycles. The van der Waals surface area contributed by atoms with E-state index in [-0.39, 0.29) is 11.1 Å². The van der Waals surface area contributed by atoms with E-state index in [1.807, 2.05) is 35.7 Å². The van der Waals surface area contributed by atoms with Gasteiger partial charge in [0, 0.05) is 51.8 Å². The summed E-state index contributed by atoms with van der Waals surface area (Å²) in [6, 6.07) is 20.2. The Balaban J connectivity index is 1.28. The van der Waals surface area contributed by atoms with Gasteiger partial charge in [-0.05, 0) is 65.4 Å². The van der Waals surface area contributed by atoms with Gasteiger partial charge >= 0.3 is 0 Å². The summed E-state index contributed by atoms with van der Waals surface area (Å²) in [5, 5.41) is 8.52. The maximum absolute atomic E-state index is 14.1. The normalized spacial score (nSPS) is 12.7.